The van der Waals surface area contributed by atoms with Crippen LogP contribution in [0.1, 0.15) is 11.1 Å². The third-order valence-corrected chi connectivity index (χ3v) is 3.58. The number of alkyl halides is 2. The van der Waals surface area contributed by atoms with Gasteiger partial charge in [-0.05, 0) is 36.2 Å². The zero-order valence-electron chi connectivity index (χ0n) is 14.7. The lowest BCUT2D eigenvalue weighted by molar-refractivity contribution is -0.0504. The van der Waals surface area contributed by atoms with Gasteiger partial charge in [0.25, 0.3) is 0 Å². The van der Waals surface area contributed by atoms with E-state index in [-0.39, 0.29) is 12.3 Å². The van der Waals surface area contributed by atoms with Crippen LogP contribution >= 0.6 is 0 Å². The van der Waals surface area contributed by atoms with Crippen molar-refractivity contribution in [2.24, 2.45) is 4.99 Å². The molecule has 0 unspecified atom stereocenters. The molecule has 0 amide bonds. The Labute approximate surface area is 151 Å². The van der Waals surface area contributed by atoms with Crippen LogP contribution in [0.25, 0.3) is 0 Å². The average molecular weight is 364 g/mol. The van der Waals surface area contributed by atoms with Crippen LogP contribution in [-0.4, -0.2) is 38.3 Å². The number of nitrogens with one attached hydrogen (secondary N) is 2. The predicted molar refractivity (Wildman–Crippen MR) is 95.8 cm³/mol. The fourth-order valence-corrected chi connectivity index (χ4v) is 2.30. The first kappa shape index (κ1) is 19.4. The van der Waals surface area contributed by atoms with Crippen LogP contribution in [0.2, 0.25) is 0 Å². The van der Waals surface area contributed by atoms with E-state index in [2.05, 4.69) is 25.3 Å². The van der Waals surface area contributed by atoms with Gasteiger partial charge >= 0.3 is 6.61 Å². The maximum absolute atomic E-state index is 12.6. The van der Waals surface area contributed by atoms with E-state index in [4.69, 9.17) is 4.74 Å². The summed E-state index contributed by atoms with van der Waals surface area (Å²) in [4.78, 5) is 8.19. The van der Waals surface area contributed by atoms with E-state index in [1.165, 1.54) is 13.2 Å². The molecule has 1 aromatic carbocycles. The number of aliphatic imine (C=N–C) groups is 1. The largest absolute Gasteiger partial charge is 0.497 e. The van der Waals surface area contributed by atoms with Crippen LogP contribution in [-0.2, 0) is 13.0 Å². The van der Waals surface area contributed by atoms with Crippen LogP contribution in [0.4, 0.5) is 8.78 Å². The van der Waals surface area contributed by atoms with Gasteiger partial charge in [0.1, 0.15) is 11.5 Å². The second-order valence-electron chi connectivity index (χ2n) is 5.32. The van der Waals surface area contributed by atoms with Gasteiger partial charge in [-0.15, -0.1) is 0 Å². The van der Waals surface area contributed by atoms with E-state index in [9.17, 15) is 8.78 Å². The summed E-state index contributed by atoms with van der Waals surface area (Å²) in [5, 5.41) is 6.25. The molecule has 1 aromatic heterocycles. The summed E-state index contributed by atoms with van der Waals surface area (Å²) in [5.74, 6) is 1.21. The minimum absolute atomic E-state index is 0.0964. The number of pyridine rings is 1. The average Bonchev–Trinajstić information content (AvgIpc) is 2.65. The van der Waals surface area contributed by atoms with Gasteiger partial charge in [0, 0.05) is 38.1 Å². The molecule has 0 fully saturated rings. The SMILES string of the molecule is CN=C(NCCc1cccnc1)NCc1cc(OC)ccc1OC(F)F. The summed E-state index contributed by atoms with van der Waals surface area (Å²) in [5.41, 5.74) is 1.65. The quantitative estimate of drug-likeness (QED) is 0.557. The Hall–Kier alpha value is -2.90. The second-order valence-corrected chi connectivity index (χ2v) is 5.32. The highest BCUT2D eigenvalue weighted by atomic mass is 19.3. The number of methoxy groups -OCH3 is 1. The van der Waals surface area contributed by atoms with E-state index in [1.54, 1.807) is 25.4 Å². The van der Waals surface area contributed by atoms with Crippen molar-refractivity contribution in [1.29, 1.82) is 0 Å². The minimum atomic E-state index is -2.89. The van der Waals surface area contributed by atoms with E-state index >= 15 is 0 Å². The smallest absolute Gasteiger partial charge is 0.387 e. The van der Waals surface area contributed by atoms with E-state index < -0.39 is 6.61 Å². The molecule has 0 aliphatic heterocycles. The third-order valence-electron chi connectivity index (χ3n) is 3.58. The summed E-state index contributed by atoms with van der Waals surface area (Å²) >= 11 is 0. The number of nitrogens with zero attached hydrogens (tertiary/aromatic N) is 2. The van der Waals surface area contributed by atoms with Crippen molar-refractivity contribution in [3.8, 4) is 11.5 Å². The standard InChI is InChI=1S/C18H22F2N4O2/c1-21-18(23-9-7-13-4-3-8-22-11-13)24-12-14-10-15(25-2)5-6-16(14)26-17(19)20/h3-6,8,10-11,17H,7,9,12H2,1-2H3,(H2,21,23,24). The molecule has 8 heteroatoms. The van der Waals surface area contributed by atoms with Crippen LogP contribution in [0.3, 0.4) is 0 Å². The minimum Gasteiger partial charge on any atom is -0.497 e. The Kier molecular flexibility index (Phi) is 7.60. The highest BCUT2D eigenvalue weighted by Gasteiger charge is 2.11. The summed E-state index contributed by atoms with van der Waals surface area (Å²) in [6, 6.07) is 8.56. The Morgan fingerprint density at radius 2 is 2.12 bits per heavy atom. The molecular weight excluding hydrogens is 342 g/mol. The van der Waals surface area contributed by atoms with Crippen molar-refractivity contribution in [3.05, 3.63) is 53.9 Å². The van der Waals surface area contributed by atoms with Gasteiger partial charge in [-0.3, -0.25) is 9.98 Å². The molecule has 0 saturated heterocycles. The van der Waals surface area contributed by atoms with E-state index in [0.29, 0.717) is 23.8 Å². The van der Waals surface area contributed by atoms with Crippen molar-refractivity contribution in [1.82, 2.24) is 15.6 Å². The van der Waals surface area contributed by atoms with Gasteiger partial charge in [-0.25, -0.2) is 0 Å². The van der Waals surface area contributed by atoms with Gasteiger partial charge in [-0.2, -0.15) is 8.78 Å². The van der Waals surface area contributed by atoms with Gasteiger partial charge < -0.3 is 20.1 Å². The fraction of sp³-hybridized carbons (Fsp3) is 0.333. The molecule has 6 nitrogen and oxygen atoms in total. The second kappa shape index (κ2) is 10.2. The number of ether oxygens (including phenoxy) is 2. The van der Waals surface area contributed by atoms with Crippen LogP contribution < -0.4 is 20.1 Å². The Bertz CT molecular complexity index is 712. The monoisotopic (exact) mass is 364 g/mol. The number of guanidine groups is 1. The summed E-state index contributed by atoms with van der Waals surface area (Å²) in [7, 11) is 3.15. The molecule has 26 heavy (non-hydrogen) atoms. The molecule has 2 N–H and O–H groups in total. The number of rotatable bonds is 8. The highest BCUT2D eigenvalue weighted by molar-refractivity contribution is 5.79. The molecule has 140 valence electrons. The molecule has 2 rings (SSSR count). The van der Waals surface area contributed by atoms with Crippen LogP contribution in [0.15, 0.2) is 47.7 Å². The van der Waals surface area contributed by atoms with Gasteiger partial charge in [0.05, 0.1) is 7.11 Å². The van der Waals surface area contributed by atoms with Gasteiger partial charge in [0.15, 0.2) is 5.96 Å². The lowest BCUT2D eigenvalue weighted by Gasteiger charge is -2.15. The lowest BCUT2D eigenvalue weighted by atomic mass is 10.2. The van der Waals surface area contributed by atoms with Gasteiger partial charge in [-0.1, -0.05) is 6.07 Å². The van der Waals surface area contributed by atoms with Crippen molar-refractivity contribution < 1.29 is 18.3 Å². The van der Waals surface area contributed by atoms with E-state index in [1.807, 2.05) is 18.3 Å². The number of halogens is 2. The molecule has 0 radical (unpaired) electrons. The first-order valence-corrected chi connectivity index (χ1v) is 8.07. The molecule has 0 spiro atoms. The number of hydrogen-bond acceptors (Lipinski definition) is 4. The number of aromatic nitrogens is 1. The Balaban J connectivity index is 1.92. The Morgan fingerprint density at radius 1 is 1.27 bits per heavy atom. The zero-order chi connectivity index (χ0) is 18.8. The predicted octanol–water partition coefficient (Wildman–Crippen LogP) is 2.60. The normalized spacial score (nSPS) is 11.3. The molecular formula is C18H22F2N4O2. The summed E-state index contributed by atoms with van der Waals surface area (Å²) in [6.07, 6.45) is 4.32. The van der Waals surface area contributed by atoms with Crippen molar-refractivity contribution in [3.63, 3.8) is 0 Å². The third kappa shape index (κ3) is 6.19. The van der Waals surface area contributed by atoms with Crippen LogP contribution in [0, 0.1) is 0 Å². The van der Waals surface area contributed by atoms with E-state index in [0.717, 1.165) is 12.0 Å². The van der Waals surface area contributed by atoms with Crippen molar-refractivity contribution >= 4 is 5.96 Å². The first-order valence-electron chi connectivity index (χ1n) is 8.07. The molecule has 0 aliphatic rings. The molecule has 0 saturated carbocycles. The highest BCUT2D eigenvalue weighted by Crippen LogP contribution is 2.25. The maximum atomic E-state index is 12.6. The molecule has 0 aliphatic carbocycles. The molecule has 1 heterocycles. The van der Waals surface area contributed by atoms with Crippen molar-refractivity contribution in [2.75, 3.05) is 20.7 Å². The molecule has 0 bridgehead atoms. The number of benzene rings is 1. The summed E-state index contributed by atoms with van der Waals surface area (Å²) < 4.78 is 34.8. The summed E-state index contributed by atoms with van der Waals surface area (Å²) in [6.45, 7) is -1.98. The first-order chi connectivity index (χ1) is 12.6. The maximum Gasteiger partial charge on any atom is 0.387 e. The fourth-order valence-electron chi connectivity index (χ4n) is 2.30. The Morgan fingerprint density at radius 3 is 2.77 bits per heavy atom. The van der Waals surface area contributed by atoms with Crippen molar-refractivity contribution in [2.45, 2.75) is 19.6 Å². The lowest BCUT2D eigenvalue weighted by Crippen LogP contribution is -2.38. The van der Waals surface area contributed by atoms with Gasteiger partial charge in [0.2, 0.25) is 0 Å². The van der Waals surface area contributed by atoms with Crippen LogP contribution in [0.5, 0.6) is 11.5 Å². The number of hydrogen-bond donors (Lipinski definition) is 2. The molecule has 0 atom stereocenters. The topological polar surface area (TPSA) is 67.8 Å². The zero-order valence-corrected chi connectivity index (χ0v) is 14.7. The molecule has 2 aromatic rings.